The molecule has 25 heavy (non-hydrogen) atoms. The molecular weight excluding hydrogens is 363 g/mol. The Bertz CT molecular complexity index is 917. The minimum Gasteiger partial charge on any atom is -0.455 e. The van der Waals surface area contributed by atoms with Gasteiger partial charge in [-0.25, -0.2) is 0 Å². The lowest BCUT2D eigenvalue weighted by molar-refractivity contribution is -0.146. The van der Waals surface area contributed by atoms with Gasteiger partial charge < -0.3 is 15.0 Å². The van der Waals surface area contributed by atoms with E-state index in [2.05, 4.69) is 10.3 Å². The fourth-order valence-corrected chi connectivity index (χ4v) is 2.98. The van der Waals surface area contributed by atoms with Crippen molar-refractivity contribution in [2.24, 2.45) is 0 Å². The lowest BCUT2D eigenvalue weighted by Crippen LogP contribution is -2.21. The topological polar surface area (TPSA) is 71.2 Å². The van der Waals surface area contributed by atoms with Crippen LogP contribution < -0.4 is 5.32 Å². The van der Waals surface area contributed by atoms with Crippen molar-refractivity contribution in [1.29, 1.82) is 0 Å². The minimum absolute atomic E-state index is 0.0836. The maximum Gasteiger partial charge on any atom is 0.310 e. The molecule has 0 saturated carbocycles. The number of para-hydroxylation sites is 1. The minimum atomic E-state index is -0.482. The lowest BCUT2D eigenvalue weighted by atomic mass is 10.1. The number of ether oxygens (including phenoxy) is 1. The first kappa shape index (κ1) is 17.3. The summed E-state index contributed by atoms with van der Waals surface area (Å²) in [5.74, 6) is -0.949. The van der Waals surface area contributed by atoms with Crippen molar-refractivity contribution >= 4 is 51.7 Å². The van der Waals surface area contributed by atoms with Crippen LogP contribution in [-0.2, 0) is 20.7 Å². The van der Waals surface area contributed by atoms with Crippen LogP contribution in [-0.4, -0.2) is 23.5 Å². The standard InChI is InChI=1S/C18H14Cl2N2O3/c19-12-6-13(20)8-14(7-12)22-17(23)10-25-18(24)5-11-9-21-16-4-2-1-3-15(11)16/h1-4,6-9,21H,5,10H2,(H,22,23). The van der Waals surface area contributed by atoms with Gasteiger partial charge in [0.25, 0.3) is 5.91 Å². The summed E-state index contributed by atoms with van der Waals surface area (Å²) >= 11 is 11.7. The van der Waals surface area contributed by atoms with Crippen molar-refractivity contribution < 1.29 is 14.3 Å². The third-order valence-electron chi connectivity index (χ3n) is 3.52. The number of aromatic amines is 1. The second-order valence-electron chi connectivity index (χ2n) is 5.40. The maximum atomic E-state index is 12.0. The molecule has 0 saturated heterocycles. The Labute approximate surface area is 153 Å². The van der Waals surface area contributed by atoms with Gasteiger partial charge in [-0.3, -0.25) is 9.59 Å². The summed E-state index contributed by atoms with van der Waals surface area (Å²) in [5.41, 5.74) is 2.21. The number of carbonyl (C=O) groups excluding carboxylic acids is 2. The molecule has 0 aliphatic carbocycles. The predicted octanol–water partition coefficient (Wildman–Crippen LogP) is 4.20. The molecule has 0 radical (unpaired) electrons. The zero-order valence-electron chi connectivity index (χ0n) is 13.0. The molecule has 0 unspecified atom stereocenters. The van der Waals surface area contributed by atoms with Gasteiger partial charge in [-0.05, 0) is 29.8 Å². The van der Waals surface area contributed by atoms with Crippen molar-refractivity contribution in [3.8, 4) is 0 Å². The van der Waals surface area contributed by atoms with Gasteiger partial charge in [0.1, 0.15) is 0 Å². The van der Waals surface area contributed by atoms with Crippen molar-refractivity contribution in [2.45, 2.75) is 6.42 Å². The van der Waals surface area contributed by atoms with Crippen LogP contribution in [0.25, 0.3) is 10.9 Å². The number of benzene rings is 2. The molecule has 5 nitrogen and oxygen atoms in total. The van der Waals surface area contributed by atoms with Crippen LogP contribution in [0.15, 0.2) is 48.7 Å². The largest absolute Gasteiger partial charge is 0.455 e. The molecule has 2 N–H and O–H groups in total. The quantitative estimate of drug-likeness (QED) is 0.655. The Morgan fingerprint density at radius 2 is 1.80 bits per heavy atom. The normalized spacial score (nSPS) is 10.6. The molecule has 0 bridgehead atoms. The predicted molar refractivity (Wildman–Crippen MR) is 98.1 cm³/mol. The average molecular weight is 377 g/mol. The van der Waals surface area contributed by atoms with E-state index in [0.29, 0.717) is 15.7 Å². The van der Waals surface area contributed by atoms with Gasteiger partial charge in [0.2, 0.25) is 0 Å². The molecule has 0 aliphatic rings. The van der Waals surface area contributed by atoms with E-state index in [4.69, 9.17) is 27.9 Å². The second-order valence-corrected chi connectivity index (χ2v) is 6.28. The summed E-state index contributed by atoms with van der Waals surface area (Å²) in [5, 5.41) is 4.34. The smallest absolute Gasteiger partial charge is 0.310 e. The third kappa shape index (κ3) is 4.53. The number of carbonyl (C=O) groups is 2. The van der Waals surface area contributed by atoms with Crippen LogP contribution in [0.3, 0.4) is 0 Å². The number of anilines is 1. The van der Waals surface area contributed by atoms with Crippen LogP contribution in [0.5, 0.6) is 0 Å². The zero-order chi connectivity index (χ0) is 17.8. The Morgan fingerprint density at radius 1 is 1.08 bits per heavy atom. The summed E-state index contributed by atoms with van der Waals surface area (Å²) in [6.07, 6.45) is 1.85. The first-order chi connectivity index (χ1) is 12.0. The molecule has 1 aromatic heterocycles. The highest BCUT2D eigenvalue weighted by Gasteiger charge is 2.12. The number of rotatable bonds is 5. The number of hydrogen-bond acceptors (Lipinski definition) is 3. The van der Waals surface area contributed by atoms with Gasteiger partial charge >= 0.3 is 5.97 Å². The maximum absolute atomic E-state index is 12.0. The molecular formula is C18H14Cl2N2O3. The second kappa shape index (κ2) is 7.59. The Morgan fingerprint density at radius 3 is 2.56 bits per heavy atom. The van der Waals surface area contributed by atoms with Crippen LogP contribution in [0, 0.1) is 0 Å². The highest BCUT2D eigenvalue weighted by molar-refractivity contribution is 6.35. The molecule has 2 aromatic carbocycles. The van der Waals surface area contributed by atoms with E-state index in [0.717, 1.165) is 16.5 Å². The number of hydrogen-bond donors (Lipinski definition) is 2. The van der Waals surface area contributed by atoms with Gasteiger partial charge in [-0.15, -0.1) is 0 Å². The van der Waals surface area contributed by atoms with E-state index in [9.17, 15) is 9.59 Å². The third-order valence-corrected chi connectivity index (χ3v) is 3.96. The Kier molecular flexibility index (Phi) is 5.26. The SMILES string of the molecule is O=C(COC(=O)Cc1c[nH]c2ccccc12)Nc1cc(Cl)cc(Cl)c1. The van der Waals surface area contributed by atoms with Gasteiger partial charge in [0.05, 0.1) is 6.42 Å². The molecule has 1 amide bonds. The summed E-state index contributed by atoms with van der Waals surface area (Å²) in [7, 11) is 0. The monoisotopic (exact) mass is 376 g/mol. The Balaban J connectivity index is 1.54. The van der Waals surface area contributed by atoms with Crippen molar-refractivity contribution in [3.63, 3.8) is 0 Å². The fraction of sp³-hybridized carbons (Fsp3) is 0.111. The molecule has 0 fully saturated rings. The highest BCUT2D eigenvalue weighted by Crippen LogP contribution is 2.22. The molecule has 0 spiro atoms. The molecule has 128 valence electrons. The van der Waals surface area contributed by atoms with E-state index in [-0.39, 0.29) is 13.0 Å². The molecule has 3 aromatic rings. The van der Waals surface area contributed by atoms with Crippen molar-refractivity contribution in [1.82, 2.24) is 4.98 Å². The number of halogens is 2. The van der Waals surface area contributed by atoms with E-state index >= 15 is 0 Å². The van der Waals surface area contributed by atoms with Gasteiger partial charge in [0.15, 0.2) is 6.61 Å². The molecule has 0 aliphatic heterocycles. The van der Waals surface area contributed by atoms with E-state index < -0.39 is 11.9 Å². The molecule has 7 heteroatoms. The molecule has 1 heterocycles. The number of fused-ring (bicyclic) bond motifs is 1. The van der Waals surface area contributed by atoms with E-state index in [1.165, 1.54) is 0 Å². The van der Waals surface area contributed by atoms with E-state index in [1.54, 1.807) is 24.4 Å². The number of H-pyrrole nitrogens is 1. The first-order valence-electron chi connectivity index (χ1n) is 7.48. The number of aromatic nitrogens is 1. The van der Waals surface area contributed by atoms with Crippen molar-refractivity contribution in [3.05, 3.63) is 64.3 Å². The zero-order valence-corrected chi connectivity index (χ0v) is 14.5. The highest BCUT2D eigenvalue weighted by atomic mass is 35.5. The fourth-order valence-electron chi connectivity index (χ4n) is 2.45. The van der Waals surface area contributed by atoms with Crippen molar-refractivity contribution in [2.75, 3.05) is 11.9 Å². The van der Waals surface area contributed by atoms with Gasteiger partial charge in [0, 0.05) is 32.8 Å². The Hall–Kier alpha value is -2.50. The number of esters is 1. The van der Waals surface area contributed by atoms with Crippen LogP contribution in [0.1, 0.15) is 5.56 Å². The van der Waals surface area contributed by atoms with Crippen LogP contribution in [0.4, 0.5) is 5.69 Å². The summed E-state index contributed by atoms with van der Waals surface area (Å²) in [6.45, 7) is -0.384. The van der Waals surface area contributed by atoms with Crippen LogP contribution in [0.2, 0.25) is 10.0 Å². The molecule has 3 rings (SSSR count). The average Bonchev–Trinajstić information content (AvgIpc) is 2.95. The summed E-state index contributed by atoms with van der Waals surface area (Å²) < 4.78 is 5.03. The first-order valence-corrected chi connectivity index (χ1v) is 8.23. The van der Waals surface area contributed by atoms with Gasteiger partial charge in [-0.2, -0.15) is 0 Å². The molecule has 0 atom stereocenters. The number of nitrogens with one attached hydrogen (secondary N) is 2. The van der Waals surface area contributed by atoms with E-state index in [1.807, 2.05) is 24.3 Å². The van der Waals surface area contributed by atoms with Gasteiger partial charge in [-0.1, -0.05) is 41.4 Å². The summed E-state index contributed by atoms with van der Waals surface area (Å²) in [4.78, 5) is 26.9. The summed E-state index contributed by atoms with van der Waals surface area (Å²) in [6, 6.07) is 12.3. The number of amides is 1. The van der Waals surface area contributed by atoms with Crippen LogP contribution >= 0.6 is 23.2 Å². The lowest BCUT2D eigenvalue weighted by Gasteiger charge is -2.07.